The molecular weight excluding hydrogens is 645 g/mol. The maximum absolute atomic E-state index is 10.2. The molecule has 0 heterocycles. The van der Waals surface area contributed by atoms with E-state index in [0.29, 0.717) is 50.5 Å². The van der Waals surface area contributed by atoms with Crippen molar-refractivity contribution in [2.45, 2.75) is 0 Å². The van der Waals surface area contributed by atoms with Gasteiger partial charge in [0.25, 0.3) is 0 Å². The van der Waals surface area contributed by atoms with Gasteiger partial charge in [0.05, 0.1) is 16.9 Å². The first-order valence-electron chi connectivity index (χ1n) is 16.3. The highest BCUT2D eigenvalue weighted by molar-refractivity contribution is 6.01. The molecule has 0 aliphatic carbocycles. The lowest BCUT2D eigenvalue weighted by atomic mass is 9.94. The Kier molecular flexibility index (Phi) is 9.34. The van der Waals surface area contributed by atoms with Crippen molar-refractivity contribution in [1.29, 1.82) is 0 Å². The van der Waals surface area contributed by atoms with Gasteiger partial charge in [-0.15, -0.1) is 0 Å². The maximum atomic E-state index is 10.2. The van der Waals surface area contributed by atoms with Crippen LogP contribution in [0, 0.1) is 35.5 Å². The molecule has 0 atom stereocenters. The zero-order valence-corrected chi connectivity index (χ0v) is 27.7. The fraction of sp³-hybridized carbons (Fsp3) is 0. The van der Waals surface area contributed by atoms with Crippen LogP contribution in [0.4, 0.5) is 11.4 Å². The average molecular weight is 675 g/mol. The summed E-state index contributed by atoms with van der Waals surface area (Å²) >= 11 is 0. The zero-order valence-electron chi connectivity index (χ0n) is 27.7. The van der Waals surface area contributed by atoms with Crippen LogP contribution < -0.4 is 20.9 Å². The molecule has 7 aromatic carbocycles. The van der Waals surface area contributed by atoms with Gasteiger partial charge in [0.1, 0.15) is 28.7 Å². The number of phenols is 2. The van der Waals surface area contributed by atoms with E-state index in [1.165, 1.54) is 12.1 Å². The van der Waals surface area contributed by atoms with Crippen LogP contribution in [0.2, 0.25) is 0 Å². The molecule has 0 saturated carbocycles. The molecule has 0 bridgehead atoms. The van der Waals surface area contributed by atoms with Crippen LogP contribution in [0.15, 0.2) is 146 Å². The summed E-state index contributed by atoms with van der Waals surface area (Å²) < 4.78 is 13.2. The minimum atomic E-state index is -0.0675. The van der Waals surface area contributed by atoms with Gasteiger partial charge in [-0.1, -0.05) is 90.1 Å². The Morgan fingerprint density at radius 2 is 0.923 bits per heavy atom. The van der Waals surface area contributed by atoms with Gasteiger partial charge in [0, 0.05) is 50.7 Å². The molecule has 7 aromatic rings. The Morgan fingerprint density at radius 1 is 0.442 bits per heavy atom. The highest BCUT2D eigenvalue weighted by atomic mass is 16.5. The summed E-state index contributed by atoms with van der Waals surface area (Å²) in [4.78, 5) is 0. The van der Waals surface area contributed by atoms with Gasteiger partial charge in [-0.2, -0.15) is 0 Å². The second-order valence-corrected chi connectivity index (χ2v) is 11.7. The molecule has 6 heteroatoms. The smallest absolute Gasteiger partial charge is 0.153 e. The topological polar surface area (TPSA) is 111 Å². The molecule has 6 N–H and O–H groups in total. The third kappa shape index (κ3) is 7.46. The summed E-state index contributed by atoms with van der Waals surface area (Å²) in [6.07, 6.45) is 0. The number of aromatic hydroxyl groups is 2. The second-order valence-electron chi connectivity index (χ2n) is 11.7. The largest absolute Gasteiger partial charge is 0.506 e. The summed E-state index contributed by atoms with van der Waals surface area (Å²) in [7, 11) is 0. The number of fused-ring (bicyclic) bond motifs is 1. The monoisotopic (exact) mass is 674 g/mol. The van der Waals surface area contributed by atoms with E-state index in [9.17, 15) is 10.2 Å². The second kappa shape index (κ2) is 14.8. The summed E-state index contributed by atoms with van der Waals surface area (Å²) in [5, 5.41) is 21.5. The minimum Gasteiger partial charge on any atom is -0.506 e. The molecule has 0 fully saturated rings. The Balaban J connectivity index is 1.56. The number of benzene rings is 7. The third-order valence-electron chi connectivity index (χ3n) is 8.00. The van der Waals surface area contributed by atoms with Crippen LogP contribution in [-0.2, 0) is 0 Å². The van der Waals surface area contributed by atoms with E-state index in [1.807, 2.05) is 109 Å². The van der Waals surface area contributed by atoms with Gasteiger partial charge in [-0.25, -0.2) is 0 Å². The van der Waals surface area contributed by atoms with Crippen molar-refractivity contribution < 1.29 is 19.7 Å². The molecule has 0 spiro atoms. The summed E-state index contributed by atoms with van der Waals surface area (Å²) in [6, 6.07) is 43.9. The first kappa shape index (κ1) is 32.8. The molecule has 0 radical (unpaired) electrons. The van der Waals surface area contributed by atoms with Crippen molar-refractivity contribution in [1.82, 2.24) is 0 Å². The van der Waals surface area contributed by atoms with E-state index in [1.54, 1.807) is 24.3 Å². The predicted octanol–water partition coefficient (Wildman–Crippen LogP) is 9.20. The van der Waals surface area contributed by atoms with Crippen molar-refractivity contribution in [2.75, 3.05) is 11.5 Å². The fourth-order valence-corrected chi connectivity index (χ4v) is 5.39. The van der Waals surface area contributed by atoms with E-state index >= 15 is 0 Å². The van der Waals surface area contributed by atoms with E-state index < -0.39 is 0 Å². The maximum Gasteiger partial charge on any atom is 0.153 e. The molecule has 6 nitrogen and oxygen atoms in total. The van der Waals surface area contributed by atoms with Gasteiger partial charge < -0.3 is 31.2 Å². The number of hydrogen-bond donors (Lipinski definition) is 4. The van der Waals surface area contributed by atoms with Crippen LogP contribution in [0.25, 0.3) is 10.8 Å². The lowest BCUT2D eigenvalue weighted by Gasteiger charge is -2.18. The molecule has 0 aliphatic heterocycles. The lowest BCUT2D eigenvalue weighted by Crippen LogP contribution is -1.99. The number of nitrogen functional groups attached to an aromatic ring is 2. The molecule has 248 valence electrons. The van der Waals surface area contributed by atoms with Crippen LogP contribution in [0.1, 0.15) is 33.4 Å². The molecule has 0 saturated heterocycles. The van der Waals surface area contributed by atoms with Crippen molar-refractivity contribution in [3.05, 3.63) is 179 Å². The molecule has 0 aromatic heterocycles. The van der Waals surface area contributed by atoms with Gasteiger partial charge in [0.2, 0.25) is 0 Å². The number of nitrogens with two attached hydrogens (primary N) is 2. The summed E-state index contributed by atoms with van der Waals surface area (Å²) in [5.74, 6) is 21.4. The average Bonchev–Trinajstić information content (AvgIpc) is 3.17. The molecular formula is C46H30N2O4. The number of phenolic OH excluding ortho intramolecular Hbond substituents is 2. The first-order valence-corrected chi connectivity index (χ1v) is 16.3. The Morgan fingerprint density at radius 3 is 1.44 bits per heavy atom. The molecule has 52 heavy (non-hydrogen) atoms. The van der Waals surface area contributed by atoms with E-state index in [-0.39, 0.29) is 22.9 Å². The quantitative estimate of drug-likeness (QED) is 0.0842. The Labute approximate surface area is 301 Å². The van der Waals surface area contributed by atoms with Crippen molar-refractivity contribution in [2.24, 2.45) is 0 Å². The van der Waals surface area contributed by atoms with Gasteiger partial charge >= 0.3 is 0 Å². The van der Waals surface area contributed by atoms with Gasteiger partial charge in [-0.3, -0.25) is 0 Å². The molecule has 0 aliphatic rings. The molecule has 0 unspecified atom stereocenters. The van der Waals surface area contributed by atoms with Gasteiger partial charge in [-0.05, 0) is 78.9 Å². The minimum absolute atomic E-state index is 0.0484. The number of rotatable bonds is 4. The SMILES string of the molecule is Nc1cc(Oc2ccc(C#Cc3ccccc3)c3c(Oc4ccc(O)c(N)c4)c(C#Cc4ccccc4)c(C#Cc4ccccc4)cc23)ccc1O. The lowest BCUT2D eigenvalue weighted by molar-refractivity contribution is 0.466. The van der Waals surface area contributed by atoms with Crippen LogP contribution in [0.5, 0.6) is 34.5 Å². The van der Waals surface area contributed by atoms with E-state index in [4.69, 9.17) is 20.9 Å². The number of hydrogen-bond acceptors (Lipinski definition) is 6. The van der Waals surface area contributed by atoms with E-state index in [0.717, 1.165) is 16.7 Å². The molecule has 0 amide bonds. The Bertz CT molecular complexity index is 2620. The van der Waals surface area contributed by atoms with Gasteiger partial charge in [0.15, 0.2) is 5.75 Å². The first-order chi connectivity index (χ1) is 25.4. The van der Waals surface area contributed by atoms with Crippen molar-refractivity contribution >= 4 is 22.1 Å². The van der Waals surface area contributed by atoms with Crippen molar-refractivity contribution in [3.63, 3.8) is 0 Å². The number of anilines is 2. The zero-order chi connectivity index (χ0) is 35.9. The standard InChI is InChI=1S/C46H30N2O4/c47-40-29-36(22-25-42(40)49)51-44-27-21-34(19-16-31-10-4-1-5-11-31)45-39(44)28-35(20-17-32-12-6-2-7-13-32)38(24-18-33-14-8-3-9-15-33)46(45)52-37-23-26-43(50)41(48)30-37/h1-15,21-23,25-30,49-50H,47-48H2. The summed E-state index contributed by atoms with van der Waals surface area (Å²) in [6.45, 7) is 0. The predicted molar refractivity (Wildman–Crippen MR) is 206 cm³/mol. The highest BCUT2D eigenvalue weighted by Crippen LogP contribution is 2.43. The Hall–Kier alpha value is -7.72. The van der Waals surface area contributed by atoms with Crippen molar-refractivity contribution in [3.8, 4) is 70.0 Å². The molecule has 7 rings (SSSR count). The van der Waals surface area contributed by atoms with Crippen LogP contribution >= 0.6 is 0 Å². The van der Waals surface area contributed by atoms with Crippen LogP contribution in [0.3, 0.4) is 0 Å². The fourth-order valence-electron chi connectivity index (χ4n) is 5.39. The van der Waals surface area contributed by atoms with E-state index in [2.05, 4.69) is 35.5 Å². The summed E-state index contributed by atoms with van der Waals surface area (Å²) in [5.41, 5.74) is 16.7. The normalized spacial score (nSPS) is 10.2. The highest BCUT2D eigenvalue weighted by Gasteiger charge is 2.21. The third-order valence-corrected chi connectivity index (χ3v) is 8.00. The number of ether oxygens (including phenoxy) is 2. The van der Waals surface area contributed by atoms with Crippen LogP contribution in [-0.4, -0.2) is 10.2 Å².